The molecule has 0 spiro atoms. The van der Waals surface area contributed by atoms with E-state index in [4.69, 9.17) is 16.0 Å². The average molecular weight is 407 g/mol. The SMILES string of the molecule is Clc1cccc(-c2nnc(CCCc3nnc(-c4ccncc4)n3C3CC3)o2)c1. The Bertz CT molecular complexity index is 1120. The summed E-state index contributed by atoms with van der Waals surface area (Å²) in [4.78, 5) is 4.09. The molecule has 0 aliphatic heterocycles. The molecule has 0 radical (unpaired) electrons. The van der Waals surface area contributed by atoms with Gasteiger partial charge in [-0.3, -0.25) is 4.98 Å². The standard InChI is InChI=1S/C21H19ClN6O/c22-16-4-1-3-15(13-16)21-27-25-19(29-21)6-2-5-18-24-26-20(28(18)17-7-8-17)14-9-11-23-12-10-14/h1,3-4,9-13,17H,2,5-8H2. The topological polar surface area (TPSA) is 82.5 Å². The number of nitrogens with zero attached hydrogens (tertiary/aromatic N) is 6. The molecule has 1 aromatic carbocycles. The summed E-state index contributed by atoms with van der Waals surface area (Å²) in [6, 6.07) is 11.9. The minimum atomic E-state index is 0.489. The summed E-state index contributed by atoms with van der Waals surface area (Å²) in [5, 5.41) is 17.9. The number of pyridine rings is 1. The number of rotatable bonds is 7. The number of aryl methyl sites for hydroxylation is 2. The van der Waals surface area contributed by atoms with Crippen LogP contribution in [0.5, 0.6) is 0 Å². The molecule has 4 aromatic rings. The second kappa shape index (κ2) is 7.75. The van der Waals surface area contributed by atoms with Crippen molar-refractivity contribution >= 4 is 11.6 Å². The minimum absolute atomic E-state index is 0.489. The van der Waals surface area contributed by atoms with Crippen molar-refractivity contribution < 1.29 is 4.42 Å². The van der Waals surface area contributed by atoms with Crippen LogP contribution >= 0.6 is 11.6 Å². The maximum absolute atomic E-state index is 6.04. The van der Waals surface area contributed by atoms with Crippen molar-refractivity contribution in [3.8, 4) is 22.8 Å². The third-order valence-corrected chi connectivity index (χ3v) is 5.18. The van der Waals surface area contributed by atoms with Gasteiger partial charge in [0.15, 0.2) is 5.82 Å². The zero-order chi connectivity index (χ0) is 19.6. The van der Waals surface area contributed by atoms with Crippen LogP contribution in [0.3, 0.4) is 0 Å². The van der Waals surface area contributed by atoms with Crippen molar-refractivity contribution in [2.45, 2.75) is 38.1 Å². The fourth-order valence-electron chi connectivity index (χ4n) is 3.40. The Labute approximate surface area is 172 Å². The van der Waals surface area contributed by atoms with Crippen molar-refractivity contribution in [3.05, 3.63) is 65.5 Å². The van der Waals surface area contributed by atoms with Gasteiger partial charge in [-0.15, -0.1) is 20.4 Å². The van der Waals surface area contributed by atoms with E-state index in [1.807, 2.05) is 36.4 Å². The number of halogens is 1. The van der Waals surface area contributed by atoms with Gasteiger partial charge in [0.1, 0.15) is 5.82 Å². The van der Waals surface area contributed by atoms with E-state index in [0.717, 1.165) is 35.6 Å². The van der Waals surface area contributed by atoms with Crippen LogP contribution in [0.25, 0.3) is 22.8 Å². The number of hydrogen-bond donors (Lipinski definition) is 0. The molecule has 3 heterocycles. The Kier molecular flexibility index (Phi) is 4.81. The van der Waals surface area contributed by atoms with Crippen LogP contribution in [0.1, 0.15) is 37.0 Å². The van der Waals surface area contributed by atoms with E-state index in [0.29, 0.717) is 29.3 Å². The van der Waals surface area contributed by atoms with E-state index in [-0.39, 0.29) is 0 Å². The molecule has 8 heteroatoms. The van der Waals surface area contributed by atoms with Gasteiger partial charge in [-0.05, 0) is 49.6 Å². The highest BCUT2D eigenvalue weighted by molar-refractivity contribution is 6.30. The quantitative estimate of drug-likeness (QED) is 0.447. The molecule has 0 unspecified atom stereocenters. The molecular formula is C21H19ClN6O. The van der Waals surface area contributed by atoms with Gasteiger partial charge in [0, 0.05) is 47.4 Å². The largest absolute Gasteiger partial charge is 0.421 e. The predicted molar refractivity (Wildman–Crippen MR) is 108 cm³/mol. The minimum Gasteiger partial charge on any atom is -0.421 e. The fourth-order valence-corrected chi connectivity index (χ4v) is 3.59. The Morgan fingerprint density at radius 3 is 2.62 bits per heavy atom. The molecule has 146 valence electrons. The lowest BCUT2D eigenvalue weighted by molar-refractivity contribution is 0.494. The third kappa shape index (κ3) is 3.91. The first-order chi connectivity index (χ1) is 14.3. The third-order valence-electron chi connectivity index (χ3n) is 4.95. The Morgan fingerprint density at radius 2 is 1.83 bits per heavy atom. The second-order valence-corrected chi connectivity index (χ2v) is 7.58. The normalized spacial score (nSPS) is 13.7. The lowest BCUT2D eigenvalue weighted by Gasteiger charge is -2.08. The Hall–Kier alpha value is -3.06. The van der Waals surface area contributed by atoms with Crippen LogP contribution in [0.15, 0.2) is 53.2 Å². The van der Waals surface area contributed by atoms with Gasteiger partial charge in [-0.1, -0.05) is 17.7 Å². The molecule has 0 saturated heterocycles. The van der Waals surface area contributed by atoms with Crippen LogP contribution in [-0.2, 0) is 12.8 Å². The molecule has 29 heavy (non-hydrogen) atoms. The van der Waals surface area contributed by atoms with Gasteiger partial charge in [0.25, 0.3) is 0 Å². The van der Waals surface area contributed by atoms with Crippen molar-refractivity contribution in [1.82, 2.24) is 29.9 Å². The van der Waals surface area contributed by atoms with Crippen LogP contribution in [0.4, 0.5) is 0 Å². The lowest BCUT2D eigenvalue weighted by atomic mass is 10.2. The summed E-state index contributed by atoms with van der Waals surface area (Å²) in [5.74, 6) is 3.04. The molecule has 0 bridgehead atoms. The maximum Gasteiger partial charge on any atom is 0.247 e. The summed E-state index contributed by atoms with van der Waals surface area (Å²) in [7, 11) is 0. The highest BCUT2D eigenvalue weighted by Gasteiger charge is 2.29. The summed E-state index contributed by atoms with van der Waals surface area (Å²) < 4.78 is 8.07. The Balaban J connectivity index is 1.27. The van der Waals surface area contributed by atoms with E-state index >= 15 is 0 Å². The van der Waals surface area contributed by atoms with Gasteiger partial charge in [-0.25, -0.2) is 0 Å². The number of hydrogen-bond acceptors (Lipinski definition) is 6. The fraction of sp³-hybridized carbons (Fsp3) is 0.286. The summed E-state index contributed by atoms with van der Waals surface area (Å²) in [5.41, 5.74) is 1.88. The highest BCUT2D eigenvalue weighted by atomic mass is 35.5. The van der Waals surface area contributed by atoms with Crippen molar-refractivity contribution in [2.24, 2.45) is 0 Å². The first-order valence-corrected chi connectivity index (χ1v) is 10.1. The number of benzene rings is 1. The van der Waals surface area contributed by atoms with E-state index in [1.165, 1.54) is 12.8 Å². The van der Waals surface area contributed by atoms with Gasteiger partial charge >= 0.3 is 0 Å². The summed E-state index contributed by atoms with van der Waals surface area (Å²) >= 11 is 6.04. The van der Waals surface area contributed by atoms with Crippen LogP contribution < -0.4 is 0 Å². The molecule has 0 atom stereocenters. The van der Waals surface area contributed by atoms with Crippen LogP contribution in [0.2, 0.25) is 5.02 Å². The second-order valence-electron chi connectivity index (χ2n) is 7.14. The molecule has 5 rings (SSSR count). The van der Waals surface area contributed by atoms with Crippen molar-refractivity contribution in [3.63, 3.8) is 0 Å². The number of aromatic nitrogens is 6. The van der Waals surface area contributed by atoms with Crippen molar-refractivity contribution in [1.29, 1.82) is 0 Å². The lowest BCUT2D eigenvalue weighted by Crippen LogP contribution is -2.04. The zero-order valence-corrected chi connectivity index (χ0v) is 16.5. The molecule has 3 aromatic heterocycles. The zero-order valence-electron chi connectivity index (χ0n) is 15.7. The Morgan fingerprint density at radius 1 is 0.966 bits per heavy atom. The monoisotopic (exact) mass is 406 g/mol. The van der Waals surface area contributed by atoms with Gasteiger partial charge < -0.3 is 8.98 Å². The maximum atomic E-state index is 6.04. The van der Waals surface area contributed by atoms with E-state index < -0.39 is 0 Å². The van der Waals surface area contributed by atoms with Gasteiger partial charge in [-0.2, -0.15) is 0 Å². The van der Waals surface area contributed by atoms with E-state index in [2.05, 4.69) is 29.9 Å². The first kappa shape index (κ1) is 18.0. The smallest absolute Gasteiger partial charge is 0.247 e. The van der Waals surface area contributed by atoms with E-state index in [9.17, 15) is 0 Å². The molecule has 1 fully saturated rings. The molecular weight excluding hydrogens is 388 g/mol. The molecule has 1 saturated carbocycles. The van der Waals surface area contributed by atoms with Gasteiger partial charge in [0.2, 0.25) is 11.8 Å². The molecule has 0 amide bonds. The highest BCUT2D eigenvalue weighted by Crippen LogP contribution is 2.39. The van der Waals surface area contributed by atoms with Crippen LogP contribution in [-0.4, -0.2) is 29.9 Å². The molecule has 1 aliphatic carbocycles. The van der Waals surface area contributed by atoms with Gasteiger partial charge in [0.05, 0.1) is 0 Å². The average Bonchev–Trinajstić information content (AvgIpc) is 3.32. The molecule has 0 N–H and O–H groups in total. The predicted octanol–water partition coefficient (Wildman–Crippen LogP) is 4.55. The van der Waals surface area contributed by atoms with Crippen LogP contribution in [0, 0.1) is 0 Å². The molecule has 1 aliphatic rings. The summed E-state index contributed by atoms with van der Waals surface area (Å²) in [6.07, 6.45) is 8.28. The summed E-state index contributed by atoms with van der Waals surface area (Å²) in [6.45, 7) is 0. The van der Waals surface area contributed by atoms with Crippen molar-refractivity contribution in [2.75, 3.05) is 0 Å². The van der Waals surface area contributed by atoms with E-state index in [1.54, 1.807) is 12.4 Å². The molecule has 7 nitrogen and oxygen atoms in total. The first-order valence-electron chi connectivity index (χ1n) is 9.70.